The van der Waals surface area contributed by atoms with E-state index in [4.69, 9.17) is 5.73 Å². The van der Waals surface area contributed by atoms with E-state index in [-0.39, 0.29) is 0 Å². The Balaban J connectivity index is 2.22. The molecule has 1 heterocycles. The van der Waals surface area contributed by atoms with Crippen LogP contribution in [0, 0.1) is 6.92 Å². The maximum absolute atomic E-state index is 5.88. The molecule has 0 saturated carbocycles. The van der Waals surface area contributed by atoms with Gasteiger partial charge in [-0.2, -0.15) is 4.68 Å². The van der Waals surface area contributed by atoms with Crippen LogP contribution >= 0.6 is 31.9 Å². The zero-order chi connectivity index (χ0) is 15.0. The number of hydrogen-bond donors (Lipinski definition) is 1. The van der Waals surface area contributed by atoms with Crippen LogP contribution in [0.1, 0.15) is 5.56 Å². The van der Waals surface area contributed by atoms with Gasteiger partial charge in [-0.15, -0.1) is 5.10 Å². The van der Waals surface area contributed by atoms with Crippen molar-refractivity contribution < 1.29 is 0 Å². The van der Waals surface area contributed by atoms with Crippen LogP contribution in [0.4, 0.5) is 5.69 Å². The van der Waals surface area contributed by atoms with Crippen LogP contribution in [0.15, 0.2) is 45.3 Å². The highest BCUT2D eigenvalue weighted by atomic mass is 79.9. The maximum Gasteiger partial charge on any atom is 0.187 e. The smallest absolute Gasteiger partial charge is 0.187 e. The monoisotopic (exact) mass is 407 g/mol. The standard InChI is InChI=1S/C14H11Br2N5/c1-8-2-4-10(17)7-11(8)14-18-19-20-21(14)13-6-9(15)3-5-12(13)16/h2-7H,17H2,1H3. The van der Waals surface area contributed by atoms with Crippen molar-refractivity contribution in [2.45, 2.75) is 6.92 Å². The second-order valence-electron chi connectivity index (χ2n) is 4.58. The van der Waals surface area contributed by atoms with Crippen LogP contribution in [0.5, 0.6) is 0 Å². The first-order valence-corrected chi connectivity index (χ1v) is 7.75. The molecule has 0 aliphatic rings. The third-order valence-corrected chi connectivity index (χ3v) is 4.27. The van der Waals surface area contributed by atoms with Gasteiger partial charge in [-0.05, 0) is 69.2 Å². The molecule has 0 amide bonds. The zero-order valence-electron chi connectivity index (χ0n) is 11.1. The molecule has 0 fully saturated rings. The van der Waals surface area contributed by atoms with E-state index in [9.17, 15) is 0 Å². The summed E-state index contributed by atoms with van der Waals surface area (Å²) >= 11 is 7.00. The highest BCUT2D eigenvalue weighted by Gasteiger charge is 2.15. The van der Waals surface area contributed by atoms with Gasteiger partial charge in [-0.25, -0.2) is 0 Å². The SMILES string of the molecule is Cc1ccc(N)cc1-c1nnnn1-c1cc(Br)ccc1Br. The zero-order valence-corrected chi connectivity index (χ0v) is 14.3. The maximum atomic E-state index is 5.88. The van der Waals surface area contributed by atoms with Crippen LogP contribution < -0.4 is 5.73 Å². The van der Waals surface area contributed by atoms with Crippen LogP contribution in [-0.4, -0.2) is 20.2 Å². The molecule has 3 aromatic rings. The fraction of sp³-hybridized carbons (Fsp3) is 0.0714. The topological polar surface area (TPSA) is 69.6 Å². The first-order valence-electron chi connectivity index (χ1n) is 6.16. The van der Waals surface area contributed by atoms with E-state index >= 15 is 0 Å². The Bertz CT molecular complexity index is 747. The summed E-state index contributed by atoms with van der Waals surface area (Å²) in [5, 5.41) is 12.0. The summed E-state index contributed by atoms with van der Waals surface area (Å²) in [7, 11) is 0. The van der Waals surface area contributed by atoms with E-state index in [1.807, 2.05) is 43.3 Å². The number of halogens is 2. The molecule has 0 aliphatic carbocycles. The predicted octanol–water partition coefficient (Wildman–Crippen LogP) is 3.74. The molecule has 0 aliphatic heterocycles. The number of aryl methyl sites for hydroxylation is 1. The summed E-state index contributed by atoms with van der Waals surface area (Å²) in [6.45, 7) is 2.00. The van der Waals surface area contributed by atoms with Crippen LogP contribution in [0.3, 0.4) is 0 Å². The van der Waals surface area contributed by atoms with Gasteiger partial charge in [0.05, 0.1) is 5.69 Å². The quantitative estimate of drug-likeness (QED) is 0.655. The summed E-state index contributed by atoms with van der Waals surface area (Å²) in [6, 6.07) is 11.5. The molecular formula is C14H11Br2N5. The van der Waals surface area contributed by atoms with Crippen LogP contribution in [-0.2, 0) is 0 Å². The summed E-state index contributed by atoms with van der Waals surface area (Å²) in [5.74, 6) is 0.651. The summed E-state index contributed by atoms with van der Waals surface area (Å²) in [4.78, 5) is 0. The van der Waals surface area contributed by atoms with Gasteiger partial charge in [0.25, 0.3) is 0 Å². The van der Waals surface area contributed by atoms with Crippen molar-refractivity contribution in [1.29, 1.82) is 0 Å². The number of rotatable bonds is 2. The first kappa shape index (κ1) is 14.2. The molecule has 0 radical (unpaired) electrons. The lowest BCUT2D eigenvalue weighted by Crippen LogP contribution is -2.02. The minimum absolute atomic E-state index is 0.651. The molecule has 0 saturated heterocycles. The predicted molar refractivity (Wildman–Crippen MR) is 89.1 cm³/mol. The molecule has 7 heteroatoms. The van der Waals surface area contributed by atoms with E-state index in [1.54, 1.807) is 4.68 Å². The van der Waals surface area contributed by atoms with E-state index in [0.717, 1.165) is 25.8 Å². The lowest BCUT2D eigenvalue weighted by molar-refractivity contribution is 0.788. The summed E-state index contributed by atoms with van der Waals surface area (Å²) in [6.07, 6.45) is 0. The molecule has 1 aromatic heterocycles. The van der Waals surface area contributed by atoms with Crippen LogP contribution in [0.25, 0.3) is 17.1 Å². The number of benzene rings is 2. The molecule has 0 atom stereocenters. The van der Waals surface area contributed by atoms with Crippen molar-refractivity contribution in [3.05, 3.63) is 50.9 Å². The Morgan fingerprint density at radius 3 is 2.71 bits per heavy atom. The normalized spacial score (nSPS) is 10.8. The van der Waals surface area contributed by atoms with Gasteiger partial charge < -0.3 is 5.73 Å². The minimum atomic E-state index is 0.651. The first-order chi connectivity index (χ1) is 10.1. The molecule has 21 heavy (non-hydrogen) atoms. The van der Waals surface area contributed by atoms with Gasteiger partial charge in [0, 0.05) is 20.2 Å². The van der Waals surface area contributed by atoms with E-state index < -0.39 is 0 Å². The van der Waals surface area contributed by atoms with Crippen molar-refractivity contribution in [2.24, 2.45) is 0 Å². The molecule has 0 unspecified atom stereocenters. The van der Waals surface area contributed by atoms with Crippen molar-refractivity contribution >= 4 is 37.5 Å². The number of hydrogen-bond acceptors (Lipinski definition) is 4. The lowest BCUT2D eigenvalue weighted by Gasteiger charge is -2.09. The molecule has 3 rings (SSSR count). The Morgan fingerprint density at radius 1 is 1.10 bits per heavy atom. The van der Waals surface area contributed by atoms with Gasteiger partial charge in [0.1, 0.15) is 0 Å². The van der Waals surface area contributed by atoms with Crippen molar-refractivity contribution in [3.8, 4) is 17.1 Å². The third kappa shape index (κ3) is 2.71. The highest BCUT2D eigenvalue weighted by Crippen LogP contribution is 2.29. The van der Waals surface area contributed by atoms with E-state index in [2.05, 4.69) is 47.4 Å². The fourth-order valence-electron chi connectivity index (χ4n) is 2.05. The van der Waals surface area contributed by atoms with Gasteiger partial charge in [0.2, 0.25) is 0 Å². The molecule has 5 nitrogen and oxygen atoms in total. The van der Waals surface area contributed by atoms with Gasteiger partial charge in [0.15, 0.2) is 5.82 Å². The third-order valence-electron chi connectivity index (χ3n) is 3.11. The Morgan fingerprint density at radius 2 is 1.90 bits per heavy atom. The number of anilines is 1. The lowest BCUT2D eigenvalue weighted by atomic mass is 10.1. The average Bonchev–Trinajstić information content (AvgIpc) is 2.93. The van der Waals surface area contributed by atoms with Crippen molar-refractivity contribution in [2.75, 3.05) is 5.73 Å². The van der Waals surface area contributed by atoms with Crippen molar-refractivity contribution in [1.82, 2.24) is 20.2 Å². The van der Waals surface area contributed by atoms with E-state index in [1.165, 1.54) is 0 Å². The van der Waals surface area contributed by atoms with E-state index in [0.29, 0.717) is 11.5 Å². The number of aromatic nitrogens is 4. The van der Waals surface area contributed by atoms with Gasteiger partial charge in [-0.3, -0.25) is 0 Å². The molecule has 2 aromatic carbocycles. The molecule has 2 N–H and O–H groups in total. The van der Waals surface area contributed by atoms with Gasteiger partial charge in [-0.1, -0.05) is 22.0 Å². The number of nitrogen functional groups attached to an aromatic ring is 1. The minimum Gasteiger partial charge on any atom is -0.399 e. The second-order valence-corrected chi connectivity index (χ2v) is 6.35. The Labute approximate surface area is 138 Å². The summed E-state index contributed by atoms with van der Waals surface area (Å²) < 4.78 is 3.55. The number of tetrazole rings is 1. The largest absolute Gasteiger partial charge is 0.399 e. The number of nitrogens with two attached hydrogens (primary N) is 1. The molecule has 0 bridgehead atoms. The second kappa shape index (κ2) is 5.57. The van der Waals surface area contributed by atoms with Crippen LogP contribution in [0.2, 0.25) is 0 Å². The number of nitrogens with zero attached hydrogens (tertiary/aromatic N) is 4. The van der Waals surface area contributed by atoms with Crippen molar-refractivity contribution in [3.63, 3.8) is 0 Å². The molecular weight excluding hydrogens is 398 g/mol. The Hall–Kier alpha value is -1.73. The fourth-order valence-corrected chi connectivity index (χ4v) is 2.81. The summed E-state index contributed by atoms with van der Waals surface area (Å²) in [5.41, 5.74) is 9.38. The molecule has 106 valence electrons. The Kier molecular flexibility index (Phi) is 3.77. The highest BCUT2D eigenvalue weighted by molar-refractivity contribution is 9.11. The average molecular weight is 409 g/mol. The van der Waals surface area contributed by atoms with Gasteiger partial charge >= 0.3 is 0 Å². The molecule has 0 spiro atoms.